The molecule has 140 valence electrons. The number of nitrogens with two attached hydrogens (primary N) is 1. The molecule has 3 aliphatic rings. The van der Waals surface area contributed by atoms with E-state index in [1.54, 1.807) is 24.3 Å². The molecule has 2 aliphatic heterocycles. The molecule has 1 aromatic rings. The summed E-state index contributed by atoms with van der Waals surface area (Å²) in [5.41, 5.74) is 5.45. The van der Waals surface area contributed by atoms with E-state index in [1.165, 1.54) is 4.90 Å². The standard InChI is InChI=1S/C22H19N3O3/c1-4-9-25-15-8-6-5-7-13(15)22(20(25)27)14(12-23)19(24)28-17-11-21(2,3)10-16(26)18(17)22/h1,5-8H,9-11,24H2,2-3H3. The second kappa shape index (κ2) is 5.74. The summed E-state index contributed by atoms with van der Waals surface area (Å²) in [5, 5.41) is 9.91. The number of anilines is 1. The molecule has 2 N–H and O–H groups in total. The van der Waals surface area contributed by atoms with E-state index in [0.29, 0.717) is 23.4 Å². The van der Waals surface area contributed by atoms with Gasteiger partial charge in [-0.25, -0.2) is 0 Å². The van der Waals surface area contributed by atoms with Gasteiger partial charge in [-0.3, -0.25) is 14.5 Å². The van der Waals surface area contributed by atoms with Crippen LogP contribution in [-0.2, 0) is 19.7 Å². The highest BCUT2D eigenvalue weighted by Crippen LogP contribution is 2.57. The molecule has 1 aromatic carbocycles. The second-order valence-corrected chi connectivity index (χ2v) is 8.05. The maximum Gasteiger partial charge on any atom is 0.248 e. The van der Waals surface area contributed by atoms with Crippen LogP contribution >= 0.6 is 0 Å². The number of carbonyl (C=O) groups is 2. The van der Waals surface area contributed by atoms with Gasteiger partial charge in [-0.2, -0.15) is 5.26 Å². The first-order valence-electron chi connectivity index (χ1n) is 8.98. The fourth-order valence-corrected chi connectivity index (χ4v) is 4.59. The van der Waals surface area contributed by atoms with Crippen LogP contribution in [0.25, 0.3) is 0 Å². The molecule has 6 nitrogen and oxygen atoms in total. The maximum atomic E-state index is 13.8. The average Bonchev–Trinajstić information content (AvgIpc) is 2.85. The molecular formula is C22H19N3O3. The lowest BCUT2D eigenvalue weighted by Gasteiger charge is -2.41. The fraction of sp³-hybridized carbons (Fsp3) is 0.318. The summed E-state index contributed by atoms with van der Waals surface area (Å²) in [6, 6.07) is 9.10. The van der Waals surface area contributed by atoms with Crippen LogP contribution < -0.4 is 10.6 Å². The Hall–Kier alpha value is -3.51. The summed E-state index contributed by atoms with van der Waals surface area (Å²) in [5.74, 6) is 2.06. The average molecular weight is 373 g/mol. The van der Waals surface area contributed by atoms with E-state index in [-0.39, 0.29) is 41.2 Å². The van der Waals surface area contributed by atoms with Crippen molar-refractivity contribution in [2.75, 3.05) is 11.4 Å². The summed E-state index contributed by atoms with van der Waals surface area (Å²) >= 11 is 0. The van der Waals surface area contributed by atoms with Crippen molar-refractivity contribution in [1.82, 2.24) is 0 Å². The van der Waals surface area contributed by atoms with E-state index < -0.39 is 11.3 Å². The van der Waals surface area contributed by atoms with Crippen LogP contribution in [0.2, 0.25) is 0 Å². The summed E-state index contributed by atoms with van der Waals surface area (Å²) in [4.78, 5) is 28.5. The minimum atomic E-state index is -1.60. The molecule has 6 heteroatoms. The zero-order valence-electron chi connectivity index (χ0n) is 15.7. The van der Waals surface area contributed by atoms with E-state index in [2.05, 4.69) is 5.92 Å². The number of para-hydroxylation sites is 1. The Morgan fingerprint density at radius 2 is 2.00 bits per heavy atom. The normalized spacial score (nSPS) is 25.2. The molecule has 1 amide bonds. The van der Waals surface area contributed by atoms with Gasteiger partial charge in [0.25, 0.3) is 0 Å². The van der Waals surface area contributed by atoms with Crippen molar-refractivity contribution in [2.24, 2.45) is 11.1 Å². The molecule has 28 heavy (non-hydrogen) atoms. The molecule has 4 rings (SSSR count). The van der Waals surface area contributed by atoms with Gasteiger partial charge >= 0.3 is 0 Å². The monoisotopic (exact) mass is 373 g/mol. The highest BCUT2D eigenvalue weighted by atomic mass is 16.5. The molecule has 1 spiro atoms. The van der Waals surface area contributed by atoms with Gasteiger partial charge in [0.15, 0.2) is 5.78 Å². The Bertz CT molecular complexity index is 1080. The van der Waals surface area contributed by atoms with Crippen molar-refractivity contribution >= 4 is 17.4 Å². The van der Waals surface area contributed by atoms with Crippen LogP contribution in [-0.4, -0.2) is 18.2 Å². The van der Waals surface area contributed by atoms with Crippen LogP contribution in [0.5, 0.6) is 0 Å². The van der Waals surface area contributed by atoms with E-state index >= 15 is 0 Å². The van der Waals surface area contributed by atoms with Crippen LogP contribution in [0.4, 0.5) is 5.69 Å². The third-order valence-electron chi connectivity index (χ3n) is 5.59. The van der Waals surface area contributed by atoms with Crippen LogP contribution in [0.1, 0.15) is 32.3 Å². The number of terminal acetylenes is 1. The Balaban J connectivity index is 2.10. The number of nitrogens with zero attached hydrogens (tertiary/aromatic N) is 2. The fourth-order valence-electron chi connectivity index (χ4n) is 4.59. The minimum absolute atomic E-state index is 0.0271. The number of ketones is 1. The minimum Gasteiger partial charge on any atom is -0.444 e. The van der Waals surface area contributed by atoms with Gasteiger partial charge in [0.2, 0.25) is 11.8 Å². The van der Waals surface area contributed by atoms with Crippen LogP contribution in [0, 0.1) is 29.1 Å². The number of ether oxygens (including phenoxy) is 1. The molecule has 0 saturated heterocycles. The Kier molecular flexibility index (Phi) is 3.67. The predicted octanol–water partition coefficient (Wildman–Crippen LogP) is 2.27. The lowest BCUT2D eigenvalue weighted by atomic mass is 9.62. The molecule has 0 bridgehead atoms. The highest BCUT2D eigenvalue weighted by Gasteiger charge is 2.62. The number of hydrogen-bond donors (Lipinski definition) is 1. The maximum absolute atomic E-state index is 13.8. The smallest absolute Gasteiger partial charge is 0.248 e. The Labute approximate surface area is 163 Å². The van der Waals surface area contributed by atoms with E-state index in [9.17, 15) is 14.9 Å². The number of carbonyl (C=O) groups excluding carboxylic acids is 2. The number of benzene rings is 1. The van der Waals surface area contributed by atoms with Gasteiger partial charge in [0, 0.05) is 24.1 Å². The number of fused-ring (bicyclic) bond motifs is 3. The van der Waals surface area contributed by atoms with Crippen molar-refractivity contribution in [1.29, 1.82) is 5.26 Å². The van der Waals surface area contributed by atoms with Crippen molar-refractivity contribution in [2.45, 2.75) is 32.1 Å². The third kappa shape index (κ3) is 2.09. The third-order valence-corrected chi connectivity index (χ3v) is 5.59. The first kappa shape index (κ1) is 17.9. The van der Waals surface area contributed by atoms with Crippen LogP contribution in [0.15, 0.2) is 47.1 Å². The zero-order valence-corrected chi connectivity index (χ0v) is 15.7. The van der Waals surface area contributed by atoms with E-state index in [4.69, 9.17) is 16.9 Å². The van der Waals surface area contributed by atoms with Crippen molar-refractivity contribution < 1.29 is 14.3 Å². The van der Waals surface area contributed by atoms with Gasteiger partial charge in [-0.15, -0.1) is 6.42 Å². The summed E-state index contributed by atoms with van der Waals surface area (Å²) in [6.45, 7) is 3.94. The zero-order chi connectivity index (χ0) is 20.3. The Morgan fingerprint density at radius 3 is 2.68 bits per heavy atom. The van der Waals surface area contributed by atoms with Crippen molar-refractivity contribution in [3.8, 4) is 18.4 Å². The quantitative estimate of drug-likeness (QED) is 0.762. The second-order valence-electron chi connectivity index (χ2n) is 8.05. The molecule has 2 heterocycles. The van der Waals surface area contributed by atoms with Gasteiger partial charge in [0.1, 0.15) is 22.8 Å². The molecule has 1 atom stereocenters. The summed E-state index contributed by atoms with van der Waals surface area (Å²) in [7, 11) is 0. The molecule has 1 aliphatic carbocycles. The topological polar surface area (TPSA) is 96.4 Å². The van der Waals surface area contributed by atoms with Crippen molar-refractivity contribution in [3.63, 3.8) is 0 Å². The van der Waals surface area contributed by atoms with E-state index in [1.807, 2.05) is 19.9 Å². The number of allylic oxidation sites excluding steroid dienone is 1. The number of amides is 1. The van der Waals surface area contributed by atoms with Gasteiger partial charge < -0.3 is 10.5 Å². The van der Waals surface area contributed by atoms with E-state index in [0.717, 1.165) is 0 Å². The molecule has 0 radical (unpaired) electrons. The number of Topliss-reactive ketones (excluding diaryl/α,β-unsaturated/α-hetero) is 1. The number of rotatable bonds is 1. The molecule has 0 fully saturated rings. The molecule has 0 aromatic heterocycles. The van der Waals surface area contributed by atoms with Gasteiger partial charge in [-0.1, -0.05) is 38.0 Å². The number of hydrogen-bond acceptors (Lipinski definition) is 5. The summed E-state index contributed by atoms with van der Waals surface area (Å²) in [6.07, 6.45) is 6.18. The lowest BCUT2D eigenvalue weighted by Crippen LogP contribution is -2.50. The van der Waals surface area contributed by atoms with Gasteiger partial charge in [0.05, 0.1) is 12.1 Å². The summed E-state index contributed by atoms with van der Waals surface area (Å²) < 4.78 is 5.73. The predicted molar refractivity (Wildman–Crippen MR) is 102 cm³/mol. The SMILES string of the molecule is C#CCN1C(=O)C2(C(C#N)=C(N)OC3=C2C(=O)CC(C)(C)C3)c2ccccc21. The largest absolute Gasteiger partial charge is 0.444 e. The Morgan fingerprint density at radius 1 is 1.29 bits per heavy atom. The highest BCUT2D eigenvalue weighted by molar-refractivity contribution is 6.20. The molecular weight excluding hydrogens is 354 g/mol. The van der Waals surface area contributed by atoms with Gasteiger partial charge in [-0.05, 0) is 11.5 Å². The lowest BCUT2D eigenvalue weighted by molar-refractivity contribution is -0.125. The first-order chi connectivity index (χ1) is 13.3. The number of nitriles is 1. The van der Waals surface area contributed by atoms with Crippen LogP contribution in [0.3, 0.4) is 0 Å². The van der Waals surface area contributed by atoms with Crippen molar-refractivity contribution in [3.05, 3.63) is 52.6 Å². The molecule has 1 unspecified atom stereocenters. The molecule has 0 saturated carbocycles. The first-order valence-corrected chi connectivity index (χ1v) is 8.98.